The third-order valence-electron chi connectivity index (χ3n) is 2.91. The maximum Gasteiger partial charge on any atom is 0.165 e. The van der Waals surface area contributed by atoms with Crippen LogP contribution in [0.3, 0.4) is 0 Å². The second-order valence-electron chi connectivity index (χ2n) is 4.11. The molecular formula is C15H15BrClNO2. The minimum atomic E-state index is 0.610. The SMILES string of the molecule is COc1cccc(CNc2cccc(Cl)c2Br)c1OC. The van der Waals surface area contributed by atoms with E-state index >= 15 is 0 Å². The Morgan fingerprint density at radius 3 is 2.55 bits per heavy atom. The van der Waals surface area contributed by atoms with Gasteiger partial charge in [-0.15, -0.1) is 0 Å². The van der Waals surface area contributed by atoms with Crippen LogP contribution in [0, 0.1) is 0 Å². The zero-order chi connectivity index (χ0) is 14.5. The highest BCUT2D eigenvalue weighted by Crippen LogP contribution is 2.33. The zero-order valence-corrected chi connectivity index (χ0v) is 13.6. The van der Waals surface area contributed by atoms with Gasteiger partial charge in [0.25, 0.3) is 0 Å². The molecule has 0 unspecified atom stereocenters. The van der Waals surface area contributed by atoms with Crippen LogP contribution in [0.1, 0.15) is 5.56 Å². The minimum Gasteiger partial charge on any atom is -0.493 e. The summed E-state index contributed by atoms with van der Waals surface area (Å²) in [5.41, 5.74) is 1.95. The van der Waals surface area contributed by atoms with Gasteiger partial charge in [-0.25, -0.2) is 0 Å². The number of benzene rings is 2. The first kappa shape index (κ1) is 15.0. The Morgan fingerprint density at radius 2 is 1.85 bits per heavy atom. The lowest BCUT2D eigenvalue weighted by Gasteiger charge is -2.14. The molecule has 0 aliphatic heterocycles. The quantitative estimate of drug-likeness (QED) is 0.840. The van der Waals surface area contributed by atoms with E-state index in [2.05, 4.69) is 21.2 Å². The van der Waals surface area contributed by atoms with Crippen LogP contribution in [0.25, 0.3) is 0 Å². The summed E-state index contributed by atoms with van der Waals surface area (Å²) >= 11 is 9.54. The molecule has 2 aromatic rings. The van der Waals surface area contributed by atoms with Crippen molar-refractivity contribution in [2.75, 3.05) is 19.5 Å². The van der Waals surface area contributed by atoms with Crippen molar-refractivity contribution in [1.82, 2.24) is 0 Å². The van der Waals surface area contributed by atoms with Gasteiger partial charge in [-0.2, -0.15) is 0 Å². The summed E-state index contributed by atoms with van der Waals surface area (Å²) in [7, 11) is 3.26. The Hall–Kier alpha value is -1.39. The molecule has 20 heavy (non-hydrogen) atoms. The monoisotopic (exact) mass is 355 g/mol. The van der Waals surface area contributed by atoms with E-state index in [0.29, 0.717) is 11.6 Å². The first-order valence-corrected chi connectivity index (χ1v) is 7.22. The third kappa shape index (κ3) is 3.19. The lowest BCUT2D eigenvalue weighted by atomic mass is 10.1. The molecule has 1 N–H and O–H groups in total. The molecule has 0 fully saturated rings. The molecule has 0 saturated heterocycles. The van der Waals surface area contributed by atoms with Gasteiger partial charge in [0, 0.05) is 12.1 Å². The van der Waals surface area contributed by atoms with Crippen LogP contribution in [0.4, 0.5) is 5.69 Å². The molecule has 0 saturated carbocycles. The highest BCUT2D eigenvalue weighted by molar-refractivity contribution is 9.10. The van der Waals surface area contributed by atoms with Crippen LogP contribution in [0.2, 0.25) is 5.02 Å². The largest absolute Gasteiger partial charge is 0.493 e. The van der Waals surface area contributed by atoms with Crippen molar-refractivity contribution in [3.63, 3.8) is 0 Å². The summed E-state index contributed by atoms with van der Waals surface area (Å²) in [5.74, 6) is 1.46. The minimum absolute atomic E-state index is 0.610. The Bertz CT molecular complexity index is 604. The van der Waals surface area contributed by atoms with Crippen LogP contribution < -0.4 is 14.8 Å². The summed E-state index contributed by atoms with van der Waals surface area (Å²) in [6, 6.07) is 11.5. The van der Waals surface area contributed by atoms with E-state index in [1.807, 2.05) is 36.4 Å². The van der Waals surface area contributed by atoms with Gasteiger partial charge in [0.2, 0.25) is 0 Å². The van der Waals surface area contributed by atoms with E-state index in [9.17, 15) is 0 Å². The third-order valence-corrected chi connectivity index (χ3v) is 4.30. The highest BCUT2D eigenvalue weighted by Gasteiger charge is 2.10. The van der Waals surface area contributed by atoms with Gasteiger partial charge in [0.15, 0.2) is 11.5 Å². The predicted molar refractivity (Wildman–Crippen MR) is 86.0 cm³/mol. The second-order valence-corrected chi connectivity index (χ2v) is 5.31. The molecule has 0 amide bonds. The van der Waals surface area contributed by atoms with E-state index in [4.69, 9.17) is 21.1 Å². The molecule has 0 aliphatic carbocycles. The normalized spacial score (nSPS) is 10.2. The Balaban J connectivity index is 2.21. The van der Waals surface area contributed by atoms with Crippen LogP contribution >= 0.6 is 27.5 Å². The van der Waals surface area contributed by atoms with Gasteiger partial charge in [-0.3, -0.25) is 0 Å². The summed E-state index contributed by atoms with van der Waals surface area (Å²) in [6.45, 7) is 0.610. The molecule has 0 atom stereocenters. The van der Waals surface area contributed by atoms with E-state index in [1.54, 1.807) is 14.2 Å². The van der Waals surface area contributed by atoms with Crippen molar-refractivity contribution in [3.05, 3.63) is 51.5 Å². The van der Waals surface area contributed by atoms with Gasteiger partial charge in [-0.05, 0) is 34.1 Å². The van der Waals surface area contributed by atoms with Crippen molar-refractivity contribution in [1.29, 1.82) is 0 Å². The van der Waals surface area contributed by atoms with Crippen LogP contribution in [-0.2, 0) is 6.54 Å². The van der Waals surface area contributed by atoms with Crippen molar-refractivity contribution in [2.45, 2.75) is 6.54 Å². The standard InChI is InChI=1S/C15H15BrClNO2/c1-19-13-8-3-5-10(15(13)20-2)9-18-12-7-4-6-11(17)14(12)16/h3-8,18H,9H2,1-2H3. The zero-order valence-electron chi connectivity index (χ0n) is 11.2. The average Bonchev–Trinajstić information content (AvgIpc) is 2.48. The molecular weight excluding hydrogens is 342 g/mol. The number of methoxy groups -OCH3 is 2. The number of hydrogen-bond acceptors (Lipinski definition) is 3. The highest BCUT2D eigenvalue weighted by atomic mass is 79.9. The maximum absolute atomic E-state index is 6.07. The number of para-hydroxylation sites is 1. The molecule has 0 heterocycles. The van der Waals surface area contributed by atoms with Gasteiger partial charge >= 0.3 is 0 Å². The smallest absolute Gasteiger partial charge is 0.165 e. The summed E-state index contributed by atoms with van der Waals surface area (Å²) < 4.78 is 11.5. The predicted octanol–water partition coefficient (Wildman–Crippen LogP) is 4.73. The van der Waals surface area contributed by atoms with Crippen molar-refractivity contribution < 1.29 is 9.47 Å². The topological polar surface area (TPSA) is 30.5 Å². The van der Waals surface area contributed by atoms with E-state index in [0.717, 1.165) is 27.2 Å². The van der Waals surface area contributed by atoms with Crippen LogP contribution in [0.5, 0.6) is 11.5 Å². The number of hydrogen-bond donors (Lipinski definition) is 1. The molecule has 106 valence electrons. The first-order valence-electron chi connectivity index (χ1n) is 6.05. The lowest BCUT2D eigenvalue weighted by molar-refractivity contribution is 0.352. The number of rotatable bonds is 5. The molecule has 2 aromatic carbocycles. The van der Waals surface area contributed by atoms with Crippen LogP contribution in [0.15, 0.2) is 40.9 Å². The van der Waals surface area contributed by atoms with Gasteiger partial charge < -0.3 is 14.8 Å². The summed E-state index contributed by atoms with van der Waals surface area (Å²) in [4.78, 5) is 0. The first-order chi connectivity index (χ1) is 9.67. The molecule has 5 heteroatoms. The molecule has 0 aromatic heterocycles. The van der Waals surface area contributed by atoms with E-state index < -0.39 is 0 Å². The number of anilines is 1. The van der Waals surface area contributed by atoms with Crippen molar-refractivity contribution >= 4 is 33.2 Å². The van der Waals surface area contributed by atoms with Gasteiger partial charge in [-0.1, -0.05) is 29.8 Å². The Kier molecular flexibility index (Phi) is 5.15. The molecule has 0 radical (unpaired) electrons. The maximum atomic E-state index is 6.07. The lowest BCUT2D eigenvalue weighted by Crippen LogP contribution is -2.03. The summed E-state index contributed by atoms with van der Waals surface area (Å²) in [6.07, 6.45) is 0. The van der Waals surface area contributed by atoms with E-state index in [-0.39, 0.29) is 0 Å². The fraction of sp³-hybridized carbons (Fsp3) is 0.200. The molecule has 2 rings (SSSR count). The number of halogens is 2. The molecule has 0 bridgehead atoms. The number of ether oxygens (including phenoxy) is 2. The van der Waals surface area contributed by atoms with Gasteiger partial charge in [0.05, 0.1) is 29.4 Å². The van der Waals surface area contributed by atoms with Crippen molar-refractivity contribution in [3.8, 4) is 11.5 Å². The second kappa shape index (κ2) is 6.86. The Labute approximate surface area is 132 Å². The van der Waals surface area contributed by atoms with E-state index in [1.165, 1.54) is 0 Å². The van der Waals surface area contributed by atoms with Crippen molar-refractivity contribution in [2.24, 2.45) is 0 Å². The number of nitrogens with one attached hydrogen (secondary N) is 1. The fourth-order valence-corrected chi connectivity index (χ4v) is 2.50. The Morgan fingerprint density at radius 1 is 1.10 bits per heavy atom. The van der Waals surface area contributed by atoms with Gasteiger partial charge in [0.1, 0.15) is 0 Å². The molecule has 0 spiro atoms. The fourth-order valence-electron chi connectivity index (χ4n) is 1.92. The molecule has 3 nitrogen and oxygen atoms in total. The van der Waals surface area contributed by atoms with Crippen LogP contribution in [-0.4, -0.2) is 14.2 Å². The average molecular weight is 357 g/mol. The molecule has 0 aliphatic rings. The summed E-state index contributed by atoms with van der Waals surface area (Å²) in [5, 5.41) is 4.00.